The van der Waals surface area contributed by atoms with Crippen molar-refractivity contribution in [2.24, 2.45) is 0 Å². The first-order chi connectivity index (χ1) is 9.74. The van der Waals surface area contributed by atoms with Crippen LogP contribution in [0.1, 0.15) is 18.2 Å². The van der Waals surface area contributed by atoms with Crippen LogP contribution >= 0.6 is 11.7 Å². The summed E-state index contributed by atoms with van der Waals surface area (Å²) in [6.45, 7) is 4.74. The van der Waals surface area contributed by atoms with Crippen LogP contribution in [0.3, 0.4) is 0 Å². The number of hydrogen-bond donors (Lipinski definition) is 0. The molecular weight excluding hydrogens is 270 g/mol. The first-order valence-electron chi connectivity index (χ1n) is 6.66. The molecule has 1 aromatic carbocycles. The summed E-state index contributed by atoms with van der Waals surface area (Å²) in [6, 6.07) is 8.34. The number of hydrogen-bond acceptors (Lipinski definition) is 5. The highest BCUT2D eigenvalue weighted by molar-refractivity contribution is 7.00. The van der Waals surface area contributed by atoms with E-state index in [1.165, 1.54) is 17.3 Å². The minimum atomic E-state index is 0.848. The second-order valence-electron chi connectivity index (χ2n) is 4.92. The molecule has 0 saturated carbocycles. The molecule has 0 aliphatic carbocycles. The van der Waals surface area contributed by atoms with Gasteiger partial charge in [-0.2, -0.15) is 13.8 Å². The monoisotopic (exact) mass is 287 g/mol. The molecule has 6 heteroatoms. The zero-order chi connectivity index (χ0) is 13.9. The third-order valence-corrected chi connectivity index (χ3v) is 3.78. The van der Waals surface area contributed by atoms with Crippen molar-refractivity contribution in [1.29, 1.82) is 0 Å². The highest BCUT2D eigenvalue weighted by Gasteiger charge is 2.06. The summed E-state index contributed by atoms with van der Waals surface area (Å²) in [5.74, 6) is 0. The van der Waals surface area contributed by atoms with E-state index >= 15 is 0 Å². The second-order valence-corrected chi connectivity index (χ2v) is 5.45. The summed E-state index contributed by atoms with van der Waals surface area (Å²) >= 11 is 1.26. The van der Waals surface area contributed by atoms with E-state index in [0.29, 0.717) is 0 Å². The Labute approximate surface area is 122 Å². The third kappa shape index (κ3) is 2.86. The fraction of sp³-hybridized carbons (Fsp3) is 0.357. The van der Waals surface area contributed by atoms with Crippen LogP contribution < -0.4 is 0 Å². The Morgan fingerprint density at radius 2 is 2.00 bits per heavy atom. The number of aryl methyl sites for hydroxylation is 1. The lowest BCUT2D eigenvalue weighted by Gasteiger charge is -2.15. The van der Waals surface area contributed by atoms with Gasteiger partial charge in [-0.15, -0.1) is 0 Å². The van der Waals surface area contributed by atoms with Crippen molar-refractivity contribution in [2.45, 2.75) is 26.6 Å². The van der Waals surface area contributed by atoms with E-state index in [2.05, 4.69) is 50.9 Å². The van der Waals surface area contributed by atoms with Gasteiger partial charge >= 0.3 is 0 Å². The van der Waals surface area contributed by atoms with Gasteiger partial charge in [-0.1, -0.05) is 6.07 Å². The molecule has 0 bridgehead atoms. The van der Waals surface area contributed by atoms with Crippen molar-refractivity contribution in [3.05, 3.63) is 41.7 Å². The molecule has 0 spiro atoms. The number of aromatic nitrogens is 4. The first kappa shape index (κ1) is 13.2. The fourth-order valence-corrected chi connectivity index (χ4v) is 2.75. The van der Waals surface area contributed by atoms with Crippen LogP contribution in [0.25, 0.3) is 11.0 Å². The van der Waals surface area contributed by atoms with Gasteiger partial charge in [-0.05, 0) is 37.7 Å². The number of benzene rings is 1. The maximum Gasteiger partial charge on any atom is 0.105 e. The van der Waals surface area contributed by atoms with Crippen molar-refractivity contribution in [3.8, 4) is 0 Å². The molecule has 104 valence electrons. The van der Waals surface area contributed by atoms with Crippen LogP contribution in [0.4, 0.5) is 0 Å². The van der Waals surface area contributed by atoms with Gasteiger partial charge in [0, 0.05) is 25.8 Å². The Bertz CT molecular complexity index is 702. The van der Waals surface area contributed by atoms with Crippen LogP contribution in [0.5, 0.6) is 0 Å². The molecule has 0 unspecified atom stereocenters. The summed E-state index contributed by atoms with van der Waals surface area (Å²) in [4.78, 5) is 2.25. The standard InChI is InChI=1S/C14H17N5S/c1-3-19-7-6-12(15-19)10-18(2)9-11-4-5-13-14(8-11)17-20-16-13/h4-8H,3,9-10H2,1-2H3. The van der Waals surface area contributed by atoms with Crippen molar-refractivity contribution in [1.82, 2.24) is 23.4 Å². The lowest BCUT2D eigenvalue weighted by Crippen LogP contribution is -2.17. The van der Waals surface area contributed by atoms with Gasteiger partial charge in [0.2, 0.25) is 0 Å². The van der Waals surface area contributed by atoms with Crippen molar-refractivity contribution in [3.63, 3.8) is 0 Å². The van der Waals surface area contributed by atoms with E-state index in [4.69, 9.17) is 0 Å². The smallest absolute Gasteiger partial charge is 0.105 e. The maximum atomic E-state index is 4.51. The minimum absolute atomic E-state index is 0.848. The van der Waals surface area contributed by atoms with E-state index in [0.717, 1.165) is 36.4 Å². The van der Waals surface area contributed by atoms with Gasteiger partial charge in [0.05, 0.1) is 17.4 Å². The average Bonchev–Trinajstić information content (AvgIpc) is 3.06. The lowest BCUT2D eigenvalue weighted by molar-refractivity contribution is 0.313. The van der Waals surface area contributed by atoms with Crippen LogP contribution in [0, 0.1) is 0 Å². The number of fused-ring (bicyclic) bond motifs is 1. The van der Waals surface area contributed by atoms with Gasteiger partial charge in [-0.3, -0.25) is 9.58 Å². The molecule has 2 heterocycles. The van der Waals surface area contributed by atoms with E-state index < -0.39 is 0 Å². The molecule has 2 aromatic heterocycles. The molecule has 0 radical (unpaired) electrons. The average molecular weight is 287 g/mol. The van der Waals surface area contributed by atoms with Crippen molar-refractivity contribution in [2.75, 3.05) is 7.05 Å². The van der Waals surface area contributed by atoms with E-state index in [-0.39, 0.29) is 0 Å². The van der Waals surface area contributed by atoms with Crippen LogP contribution in [-0.2, 0) is 19.6 Å². The zero-order valence-electron chi connectivity index (χ0n) is 11.7. The molecule has 0 aliphatic rings. The molecule has 0 saturated heterocycles. The largest absolute Gasteiger partial charge is 0.296 e. The lowest BCUT2D eigenvalue weighted by atomic mass is 10.2. The highest BCUT2D eigenvalue weighted by Crippen LogP contribution is 2.15. The first-order valence-corrected chi connectivity index (χ1v) is 7.39. The summed E-state index contributed by atoms with van der Waals surface area (Å²) in [6.07, 6.45) is 2.02. The predicted octanol–water partition coefficient (Wildman–Crippen LogP) is 2.54. The Balaban J connectivity index is 1.66. The molecular formula is C14H17N5S. The molecule has 5 nitrogen and oxygen atoms in total. The predicted molar refractivity (Wildman–Crippen MR) is 80.5 cm³/mol. The normalized spacial score (nSPS) is 11.6. The fourth-order valence-electron chi connectivity index (χ4n) is 2.23. The minimum Gasteiger partial charge on any atom is -0.296 e. The topological polar surface area (TPSA) is 46.8 Å². The number of rotatable bonds is 5. The SMILES string of the molecule is CCn1ccc(CN(C)Cc2ccc3nsnc3c2)n1. The molecule has 0 fully saturated rings. The van der Waals surface area contributed by atoms with Crippen LogP contribution in [-0.4, -0.2) is 30.5 Å². The Morgan fingerprint density at radius 3 is 2.80 bits per heavy atom. The number of nitrogens with zero attached hydrogens (tertiary/aromatic N) is 5. The molecule has 20 heavy (non-hydrogen) atoms. The molecule has 0 N–H and O–H groups in total. The van der Waals surface area contributed by atoms with Gasteiger partial charge in [0.15, 0.2) is 0 Å². The molecule has 0 amide bonds. The van der Waals surface area contributed by atoms with Crippen LogP contribution in [0.2, 0.25) is 0 Å². The van der Waals surface area contributed by atoms with E-state index in [1.807, 2.05) is 16.9 Å². The van der Waals surface area contributed by atoms with Crippen molar-refractivity contribution < 1.29 is 0 Å². The van der Waals surface area contributed by atoms with E-state index in [1.54, 1.807) is 0 Å². The van der Waals surface area contributed by atoms with Gasteiger partial charge in [-0.25, -0.2) is 0 Å². The van der Waals surface area contributed by atoms with E-state index in [9.17, 15) is 0 Å². The van der Waals surface area contributed by atoms with Crippen molar-refractivity contribution >= 4 is 22.8 Å². The molecule has 0 aliphatic heterocycles. The molecule has 3 aromatic rings. The Hall–Kier alpha value is -1.79. The quantitative estimate of drug-likeness (QED) is 0.723. The van der Waals surface area contributed by atoms with Gasteiger partial charge < -0.3 is 0 Å². The van der Waals surface area contributed by atoms with Crippen LogP contribution in [0.15, 0.2) is 30.5 Å². The Morgan fingerprint density at radius 1 is 1.15 bits per heavy atom. The summed E-state index contributed by atoms with van der Waals surface area (Å²) in [5, 5.41) is 4.51. The van der Waals surface area contributed by atoms with Gasteiger partial charge in [0.25, 0.3) is 0 Å². The molecule has 0 atom stereocenters. The third-order valence-electron chi connectivity index (χ3n) is 3.22. The maximum absolute atomic E-state index is 4.51. The summed E-state index contributed by atoms with van der Waals surface area (Å²) in [7, 11) is 2.11. The molecule has 3 rings (SSSR count). The van der Waals surface area contributed by atoms with Gasteiger partial charge in [0.1, 0.15) is 11.0 Å². The summed E-state index contributed by atoms with van der Waals surface area (Å²) < 4.78 is 10.5. The second kappa shape index (κ2) is 5.68. The zero-order valence-corrected chi connectivity index (χ0v) is 12.5. The Kier molecular flexibility index (Phi) is 3.75. The highest BCUT2D eigenvalue weighted by atomic mass is 32.1. The summed E-state index contributed by atoms with van der Waals surface area (Å²) in [5.41, 5.74) is 4.31.